The molecule has 1 saturated heterocycles. The first-order chi connectivity index (χ1) is 9.09. The van der Waals surface area contributed by atoms with Crippen molar-refractivity contribution in [2.75, 3.05) is 31.6 Å². The van der Waals surface area contributed by atoms with Gasteiger partial charge in [0.15, 0.2) is 0 Å². The Morgan fingerprint density at radius 3 is 2.74 bits per heavy atom. The van der Waals surface area contributed by atoms with Crippen LogP contribution in [0.5, 0.6) is 0 Å². The van der Waals surface area contributed by atoms with E-state index in [1.165, 1.54) is 12.1 Å². The lowest BCUT2D eigenvalue weighted by Crippen LogP contribution is -2.43. The molecule has 1 aromatic carbocycles. The van der Waals surface area contributed by atoms with E-state index in [0.717, 1.165) is 0 Å². The largest absolute Gasteiger partial charge is 0.389 e. The van der Waals surface area contributed by atoms with Crippen molar-refractivity contribution in [1.29, 1.82) is 0 Å². The number of carbonyl (C=O) groups is 1. The van der Waals surface area contributed by atoms with Gasteiger partial charge in [0.05, 0.1) is 24.5 Å². The molecule has 0 bridgehead atoms. The van der Waals surface area contributed by atoms with Crippen LogP contribution in [0, 0.1) is 5.82 Å². The van der Waals surface area contributed by atoms with Crippen LogP contribution in [-0.4, -0.2) is 42.2 Å². The number of carbonyl (C=O) groups excluding carboxylic acids is 1. The number of nitrogens with zero attached hydrogens (tertiary/aromatic N) is 1. The molecule has 5 nitrogen and oxygen atoms in total. The number of thiocarbonyl (C=S) groups is 1. The van der Waals surface area contributed by atoms with E-state index >= 15 is 0 Å². The lowest BCUT2D eigenvalue weighted by Gasteiger charge is -2.27. The molecule has 1 aromatic rings. The molecule has 0 saturated carbocycles. The molecule has 1 aliphatic rings. The average molecular weight is 283 g/mol. The summed E-state index contributed by atoms with van der Waals surface area (Å²) in [4.78, 5) is 13.5. The summed E-state index contributed by atoms with van der Waals surface area (Å²) < 4.78 is 18.8. The lowest BCUT2D eigenvalue weighted by atomic mass is 10.1. The molecular formula is C12H14FN3O2S. The van der Waals surface area contributed by atoms with Crippen LogP contribution >= 0.6 is 12.2 Å². The van der Waals surface area contributed by atoms with Crippen molar-refractivity contribution in [1.82, 2.24) is 4.90 Å². The summed E-state index contributed by atoms with van der Waals surface area (Å²) in [7, 11) is 0. The number of rotatable bonds is 2. The number of amides is 2. The number of hydrogen-bond donors (Lipinski definition) is 2. The number of benzene rings is 1. The predicted molar refractivity (Wildman–Crippen MR) is 73.7 cm³/mol. The van der Waals surface area contributed by atoms with Crippen molar-refractivity contribution in [3.8, 4) is 0 Å². The normalized spacial score (nSPS) is 15.1. The van der Waals surface area contributed by atoms with Gasteiger partial charge in [-0.15, -0.1) is 0 Å². The first-order valence-corrected chi connectivity index (χ1v) is 6.22. The number of anilines is 1. The van der Waals surface area contributed by atoms with Gasteiger partial charge >= 0.3 is 6.03 Å². The number of hydrogen-bond acceptors (Lipinski definition) is 3. The van der Waals surface area contributed by atoms with E-state index in [0.29, 0.717) is 26.3 Å². The molecule has 0 aliphatic carbocycles. The van der Waals surface area contributed by atoms with E-state index in [1.807, 2.05) is 0 Å². The zero-order valence-corrected chi connectivity index (χ0v) is 11.0. The molecule has 2 rings (SSSR count). The SMILES string of the molecule is NC(=S)c1c(F)cccc1NC(=O)N1CCOCC1. The molecule has 1 heterocycles. The Labute approximate surface area is 115 Å². The summed E-state index contributed by atoms with van der Waals surface area (Å²) in [6.07, 6.45) is 0. The molecule has 0 unspecified atom stereocenters. The van der Waals surface area contributed by atoms with Crippen LogP contribution in [0.1, 0.15) is 5.56 Å². The molecule has 0 aromatic heterocycles. The highest BCUT2D eigenvalue weighted by Gasteiger charge is 2.19. The summed E-state index contributed by atoms with van der Waals surface area (Å²) in [5, 5.41) is 2.63. The van der Waals surface area contributed by atoms with E-state index in [4.69, 9.17) is 22.7 Å². The van der Waals surface area contributed by atoms with E-state index < -0.39 is 5.82 Å². The first kappa shape index (κ1) is 13.7. The van der Waals surface area contributed by atoms with Crippen LogP contribution in [0.4, 0.5) is 14.9 Å². The van der Waals surface area contributed by atoms with Crippen LogP contribution in [0.3, 0.4) is 0 Å². The van der Waals surface area contributed by atoms with Crippen molar-refractivity contribution < 1.29 is 13.9 Å². The minimum Gasteiger partial charge on any atom is -0.389 e. The third-order valence-corrected chi connectivity index (χ3v) is 3.00. The van der Waals surface area contributed by atoms with Crippen LogP contribution in [-0.2, 0) is 4.74 Å². The fourth-order valence-corrected chi connectivity index (χ4v) is 2.05. The maximum Gasteiger partial charge on any atom is 0.322 e. The van der Waals surface area contributed by atoms with Crippen molar-refractivity contribution >= 4 is 28.9 Å². The third kappa shape index (κ3) is 3.18. The predicted octanol–water partition coefficient (Wildman–Crippen LogP) is 1.32. The topological polar surface area (TPSA) is 67.6 Å². The Balaban J connectivity index is 2.16. The summed E-state index contributed by atoms with van der Waals surface area (Å²) >= 11 is 4.80. The molecule has 19 heavy (non-hydrogen) atoms. The monoisotopic (exact) mass is 283 g/mol. The van der Waals surface area contributed by atoms with Crippen molar-refractivity contribution in [3.05, 3.63) is 29.6 Å². The van der Waals surface area contributed by atoms with Crippen LogP contribution in [0.2, 0.25) is 0 Å². The second-order valence-corrected chi connectivity index (χ2v) is 4.50. The Morgan fingerprint density at radius 1 is 1.42 bits per heavy atom. The van der Waals surface area contributed by atoms with Crippen molar-refractivity contribution in [2.45, 2.75) is 0 Å². The third-order valence-electron chi connectivity index (χ3n) is 2.80. The van der Waals surface area contributed by atoms with E-state index in [2.05, 4.69) is 5.32 Å². The van der Waals surface area contributed by atoms with Crippen LogP contribution < -0.4 is 11.1 Å². The summed E-state index contributed by atoms with van der Waals surface area (Å²) in [5.74, 6) is -0.549. The molecule has 0 spiro atoms. The second-order valence-electron chi connectivity index (χ2n) is 4.06. The van der Waals surface area contributed by atoms with E-state index in [1.54, 1.807) is 11.0 Å². The number of nitrogens with one attached hydrogen (secondary N) is 1. The highest BCUT2D eigenvalue weighted by Crippen LogP contribution is 2.19. The molecule has 3 N–H and O–H groups in total. The van der Waals surface area contributed by atoms with Gasteiger partial charge in [0, 0.05) is 13.1 Å². The van der Waals surface area contributed by atoms with Gasteiger partial charge in [-0.05, 0) is 12.1 Å². The Bertz CT molecular complexity index is 504. The quantitative estimate of drug-likeness (QED) is 0.803. The summed E-state index contributed by atoms with van der Waals surface area (Å²) in [6.45, 7) is 2.00. The minimum absolute atomic E-state index is 0.0547. The van der Waals surface area contributed by atoms with Gasteiger partial charge in [-0.2, -0.15) is 0 Å². The van der Waals surface area contributed by atoms with Crippen LogP contribution in [0.25, 0.3) is 0 Å². The molecule has 102 valence electrons. The number of nitrogens with two attached hydrogens (primary N) is 1. The smallest absolute Gasteiger partial charge is 0.322 e. The summed E-state index contributed by atoms with van der Waals surface area (Å²) in [5.41, 5.74) is 5.81. The van der Waals surface area contributed by atoms with Gasteiger partial charge in [0.25, 0.3) is 0 Å². The van der Waals surface area contributed by atoms with Gasteiger partial charge in [-0.25, -0.2) is 9.18 Å². The first-order valence-electron chi connectivity index (χ1n) is 5.81. The van der Waals surface area contributed by atoms with Gasteiger partial charge < -0.3 is 20.7 Å². The average Bonchev–Trinajstić information content (AvgIpc) is 2.39. The molecule has 0 atom stereocenters. The Kier molecular flexibility index (Phi) is 4.28. The molecule has 0 radical (unpaired) electrons. The highest BCUT2D eigenvalue weighted by molar-refractivity contribution is 7.80. The molecular weight excluding hydrogens is 269 g/mol. The minimum atomic E-state index is -0.549. The standard InChI is InChI=1S/C12H14FN3O2S/c13-8-2-1-3-9(10(8)11(14)19)15-12(17)16-4-6-18-7-5-16/h1-3H,4-7H2,(H2,14,19)(H,15,17). The van der Waals surface area contributed by atoms with E-state index in [9.17, 15) is 9.18 Å². The fraction of sp³-hybridized carbons (Fsp3) is 0.333. The van der Waals surface area contributed by atoms with Gasteiger partial charge in [0.2, 0.25) is 0 Å². The highest BCUT2D eigenvalue weighted by atomic mass is 32.1. The van der Waals surface area contributed by atoms with Gasteiger partial charge in [0.1, 0.15) is 10.8 Å². The molecule has 1 fully saturated rings. The zero-order chi connectivity index (χ0) is 13.8. The summed E-state index contributed by atoms with van der Waals surface area (Å²) in [6, 6.07) is 3.99. The number of ether oxygens (including phenoxy) is 1. The lowest BCUT2D eigenvalue weighted by molar-refractivity contribution is 0.0564. The van der Waals surface area contributed by atoms with Crippen molar-refractivity contribution in [2.24, 2.45) is 5.73 Å². The van der Waals surface area contributed by atoms with E-state index in [-0.39, 0.29) is 22.3 Å². The van der Waals surface area contributed by atoms with Gasteiger partial charge in [-0.1, -0.05) is 18.3 Å². The Morgan fingerprint density at radius 2 is 2.11 bits per heavy atom. The maximum absolute atomic E-state index is 13.6. The number of morpholine rings is 1. The second kappa shape index (κ2) is 5.94. The van der Waals surface area contributed by atoms with Gasteiger partial charge in [-0.3, -0.25) is 0 Å². The van der Waals surface area contributed by atoms with Crippen LogP contribution in [0.15, 0.2) is 18.2 Å². The zero-order valence-electron chi connectivity index (χ0n) is 10.2. The molecule has 2 amide bonds. The maximum atomic E-state index is 13.6. The number of halogens is 1. The number of urea groups is 1. The molecule has 1 aliphatic heterocycles. The van der Waals surface area contributed by atoms with Crippen molar-refractivity contribution in [3.63, 3.8) is 0 Å². The molecule has 7 heteroatoms. The Hall–Kier alpha value is -1.73. The fourth-order valence-electron chi connectivity index (χ4n) is 1.84.